The highest BCUT2D eigenvalue weighted by Gasteiger charge is 2.44. The minimum Gasteiger partial charge on any atom is -0.454 e. The molecule has 1 aromatic heterocycles. The topological polar surface area (TPSA) is 16.4 Å². The van der Waals surface area contributed by atoms with Gasteiger partial charge in [0.1, 0.15) is 5.58 Å². The van der Waals surface area contributed by atoms with Crippen LogP contribution < -0.4 is 4.90 Å². The van der Waals surface area contributed by atoms with Crippen LogP contribution in [0.2, 0.25) is 0 Å². The van der Waals surface area contributed by atoms with E-state index in [9.17, 15) is 0 Å². The van der Waals surface area contributed by atoms with Crippen molar-refractivity contribution in [3.05, 3.63) is 186 Å². The molecule has 2 aliphatic carbocycles. The number of benzene rings is 9. The highest BCUT2D eigenvalue weighted by atomic mass is 16.3. The van der Waals surface area contributed by atoms with Crippen LogP contribution in [0.1, 0.15) is 49.9 Å². The summed E-state index contributed by atoms with van der Waals surface area (Å²) in [6, 6.07) is 60.4. The molecule has 1 heterocycles. The molecule has 0 N–H and O–H groups in total. The van der Waals surface area contributed by atoms with Crippen molar-refractivity contribution >= 4 is 71.3 Å². The number of para-hydroxylation sites is 3. The van der Waals surface area contributed by atoms with Crippen LogP contribution in [0.15, 0.2) is 168 Å². The number of anilines is 3. The summed E-state index contributed by atoms with van der Waals surface area (Å²) < 4.78 is 6.71. The molecule has 0 fully saturated rings. The summed E-state index contributed by atoms with van der Waals surface area (Å²) in [5, 5.41) is 10.1. The van der Waals surface area contributed by atoms with Crippen molar-refractivity contribution in [2.45, 2.75) is 38.5 Å². The number of hydrogen-bond acceptors (Lipinski definition) is 2. The predicted molar refractivity (Wildman–Crippen MR) is 236 cm³/mol. The van der Waals surface area contributed by atoms with Gasteiger partial charge in [-0.15, -0.1) is 0 Å². The van der Waals surface area contributed by atoms with E-state index in [1.165, 1.54) is 76.8 Å². The van der Waals surface area contributed by atoms with Crippen LogP contribution in [-0.2, 0) is 10.8 Å². The molecule has 0 radical (unpaired) electrons. The average Bonchev–Trinajstić information content (AvgIpc) is 3.81. The zero-order valence-electron chi connectivity index (χ0n) is 31.9. The zero-order valence-corrected chi connectivity index (χ0v) is 31.9. The minimum atomic E-state index is -0.258. The average molecular weight is 718 g/mol. The fourth-order valence-electron chi connectivity index (χ4n) is 10.6. The summed E-state index contributed by atoms with van der Waals surface area (Å²) in [6.07, 6.45) is 0. The normalized spacial score (nSPS) is 14.7. The van der Waals surface area contributed by atoms with Gasteiger partial charge in [0.15, 0.2) is 5.58 Å². The second-order valence-corrected chi connectivity index (χ2v) is 16.8. The lowest BCUT2D eigenvalue weighted by Crippen LogP contribution is -2.18. The smallest absolute Gasteiger partial charge is 0.159 e. The lowest BCUT2D eigenvalue weighted by Gasteiger charge is -2.29. The Hall–Kier alpha value is -6.64. The third-order valence-corrected chi connectivity index (χ3v) is 13.2. The van der Waals surface area contributed by atoms with Gasteiger partial charge in [-0.2, -0.15) is 0 Å². The Balaban J connectivity index is 1.14. The quantitative estimate of drug-likeness (QED) is 0.169. The van der Waals surface area contributed by atoms with Gasteiger partial charge in [-0.3, -0.25) is 0 Å². The van der Waals surface area contributed by atoms with Crippen LogP contribution in [0.3, 0.4) is 0 Å². The van der Waals surface area contributed by atoms with E-state index in [1.807, 2.05) is 6.07 Å². The third kappa shape index (κ3) is 4.01. The van der Waals surface area contributed by atoms with E-state index in [-0.39, 0.29) is 10.8 Å². The molecule has 0 bridgehead atoms. The zero-order chi connectivity index (χ0) is 37.5. The van der Waals surface area contributed by atoms with Gasteiger partial charge >= 0.3 is 0 Å². The molecule has 2 nitrogen and oxygen atoms in total. The van der Waals surface area contributed by atoms with Crippen LogP contribution in [0, 0.1) is 0 Å². The summed E-state index contributed by atoms with van der Waals surface area (Å²) in [7, 11) is 0. The highest BCUT2D eigenvalue weighted by Crippen LogP contribution is 2.61. The molecule has 0 unspecified atom stereocenters. The molecule has 10 aromatic rings. The lowest BCUT2D eigenvalue weighted by molar-refractivity contribution is 0.654. The van der Waals surface area contributed by atoms with Crippen molar-refractivity contribution in [3.8, 4) is 22.3 Å². The van der Waals surface area contributed by atoms with Crippen LogP contribution in [-0.4, -0.2) is 0 Å². The van der Waals surface area contributed by atoms with Gasteiger partial charge in [0.25, 0.3) is 0 Å². The molecule has 0 amide bonds. The van der Waals surface area contributed by atoms with E-state index in [4.69, 9.17) is 4.42 Å². The van der Waals surface area contributed by atoms with E-state index < -0.39 is 0 Å². The molecule has 0 atom stereocenters. The van der Waals surface area contributed by atoms with Gasteiger partial charge in [0.05, 0.1) is 11.4 Å². The second kappa shape index (κ2) is 11.0. The first-order valence-corrected chi connectivity index (χ1v) is 19.8. The van der Waals surface area contributed by atoms with E-state index in [2.05, 4.69) is 190 Å². The van der Waals surface area contributed by atoms with Gasteiger partial charge in [0, 0.05) is 32.7 Å². The van der Waals surface area contributed by atoms with Crippen molar-refractivity contribution in [3.63, 3.8) is 0 Å². The lowest BCUT2D eigenvalue weighted by atomic mass is 9.78. The number of nitrogens with zero attached hydrogens (tertiary/aromatic N) is 1. The Morgan fingerprint density at radius 2 is 0.929 bits per heavy atom. The fourth-order valence-corrected chi connectivity index (χ4v) is 10.6. The monoisotopic (exact) mass is 717 g/mol. The minimum absolute atomic E-state index is 0.179. The Labute approximate surface area is 326 Å². The Morgan fingerprint density at radius 1 is 0.393 bits per heavy atom. The maximum Gasteiger partial charge on any atom is 0.159 e. The summed E-state index contributed by atoms with van der Waals surface area (Å²) in [5.41, 5.74) is 15.7. The highest BCUT2D eigenvalue weighted by molar-refractivity contribution is 6.19. The van der Waals surface area contributed by atoms with Crippen LogP contribution in [0.25, 0.3) is 76.5 Å². The first-order valence-electron chi connectivity index (χ1n) is 19.8. The number of rotatable bonds is 3. The molecule has 56 heavy (non-hydrogen) atoms. The number of furan rings is 1. The standard InChI is InChI=1S/C54H39NO/c1-53(2)43-30-42-44(54(3,4)51-39-25-13-9-20-34(39)33-19-8-11-23-37(33)50(42)51)29-41(43)49-38-24-12-10-21-35(38)47(31-45(49)53)55(32-17-6-5-7-18-32)46-27-16-26-40-36-22-14-15-28-48(36)56-52(40)46/h5-31H,1-4H3. The van der Waals surface area contributed by atoms with Crippen molar-refractivity contribution in [1.82, 2.24) is 0 Å². The van der Waals surface area contributed by atoms with E-state index >= 15 is 0 Å². The molecule has 0 saturated heterocycles. The molecular formula is C54H39NO. The Bertz CT molecular complexity index is 3310. The maximum atomic E-state index is 6.71. The molecule has 2 heteroatoms. The molecule has 266 valence electrons. The van der Waals surface area contributed by atoms with Gasteiger partial charge in [0.2, 0.25) is 0 Å². The van der Waals surface area contributed by atoms with Crippen LogP contribution in [0.5, 0.6) is 0 Å². The van der Waals surface area contributed by atoms with Gasteiger partial charge < -0.3 is 9.32 Å². The molecule has 9 aromatic carbocycles. The van der Waals surface area contributed by atoms with Gasteiger partial charge in [-0.25, -0.2) is 0 Å². The van der Waals surface area contributed by atoms with Crippen molar-refractivity contribution in [1.29, 1.82) is 0 Å². The number of fused-ring (bicyclic) bond motifs is 16. The van der Waals surface area contributed by atoms with Crippen LogP contribution in [0.4, 0.5) is 17.1 Å². The molecule has 2 aliphatic rings. The van der Waals surface area contributed by atoms with Gasteiger partial charge in [-0.1, -0.05) is 149 Å². The largest absolute Gasteiger partial charge is 0.454 e. The van der Waals surface area contributed by atoms with E-state index in [0.717, 1.165) is 39.0 Å². The number of hydrogen-bond donors (Lipinski definition) is 0. The second-order valence-electron chi connectivity index (χ2n) is 16.8. The summed E-state index contributed by atoms with van der Waals surface area (Å²) in [5.74, 6) is 0. The van der Waals surface area contributed by atoms with Crippen molar-refractivity contribution < 1.29 is 4.42 Å². The van der Waals surface area contributed by atoms with Crippen LogP contribution >= 0.6 is 0 Å². The SMILES string of the molecule is CC1(C)c2cc3c(cc2-c2c1cc(N(c1ccccc1)c1cccc4c1oc1ccccc14)c1ccccc21)C(C)(C)c1c-3c2ccccc2c2ccccc12. The maximum absolute atomic E-state index is 6.71. The Morgan fingerprint density at radius 3 is 1.66 bits per heavy atom. The molecule has 12 rings (SSSR count). The summed E-state index contributed by atoms with van der Waals surface area (Å²) in [6.45, 7) is 9.72. The molecule has 0 spiro atoms. The van der Waals surface area contributed by atoms with E-state index in [0.29, 0.717) is 0 Å². The third-order valence-electron chi connectivity index (χ3n) is 13.2. The molecule has 0 saturated carbocycles. The summed E-state index contributed by atoms with van der Waals surface area (Å²) in [4.78, 5) is 2.42. The predicted octanol–water partition coefficient (Wildman–Crippen LogP) is 15.1. The molecular weight excluding hydrogens is 679 g/mol. The first-order chi connectivity index (χ1) is 27.3. The van der Waals surface area contributed by atoms with Crippen molar-refractivity contribution in [2.75, 3.05) is 4.90 Å². The first kappa shape index (κ1) is 31.7. The van der Waals surface area contributed by atoms with Crippen molar-refractivity contribution in [2.24, 2.45) is 0 Å². The van der Waals surface area contributed by atoms with Gasteiger partial charge in [-0.05, 0) is 114 Å². The van der Waals surface area contributed by atoms with E-state index in [1.54, 1.807) is 0 Å². The Kier molecular flexibility index (Phi) is 6.22. The summed E-state index contributed by atoms with van der Waals surface area (Å²) >= 11 is 0. The fraction of sp³-hybridized carbons (Fsp3) is 0.111. The molecule has 0 aliphatic heterocycles.